The van der Waals surface area contributed by atoms with Crippen LogP contribution < -0.4 is 4.72 Å². The van der Waals surface area contributed by atoms with E-state index in [0.717, 1.165) is 24.4 Å². The number of nitrogens with one attached hydrogen (secondary N) is 1. The fourth-order valence-corrected chi connectivity index (χ4v) is 2.28. The van der Waals surface area contributed by atoms with Crippen molar-refractivity contribution in [3.63, 3.8) is 0 Å². The molecule has 1 heterocycles. The zero-order valence-electron chi connectivity index (χ0n) is 10.5. The number of rotatable bonds is 6. The van der Waals surface area contributed by atoms with Gasteiger partial charge in [-0.25, -0.2) is 17.9 Å². The first kappa shape index (κ1) is 17.1. The van der Waals surface area contributed by atoms with E-state index in [1.54, 1.807) is 4.72 Å². The Morgan fingerprint density at radius 2 is 2.05 bits per heavy atom. The molecule has 116 valence electrons. The second-order valence-electron chi connectivity index (χ2n) is 3.89. The van der Waals surface area contributed by atoms with Crippen LogP contribution in [0.5, 0.6) is 0 Å². The van der Waals surface area contributed by atoms with Gasteiger partial charge in [-0.1, -0.05) is 0 Å². The van der Waals surface area contributed by atoms with Gasteiger partial charge in [0.1, 0.15) is 4.90 Å². The highest BCUT2D eigenvalue weighted by Crippen LogP contribution is 2.19. The molecule has 1 rings (SSSR count). The molecular formula is C11H11F3N2O4S. The SMILES string of the molecule is O=C(O)C=Cc1cncc(S(=O)(=O)NCCC(F)(F)F)c1. The molecule has 0 aliphatic heterocycles. The molecule has 0 atom stereocenters. The van der Waals surface area contributed by atoms with Crippen LogP contribution in [0.2, 0.25) is 0 Å². The fourth-order valence-electron chi connectivity index (χ4n) is 1.25. The molecule has 0 unspecified atom stereocenters. The zero-order valence-corrected chi connectivity index (χ0v) is 11.3. The quantitative estimate of drug-likeness (QED) is 0.771. The number of sulfonamides is 1. The molecule has 0 saturated heterocycles. The summed E-state index contributed by atoms with van der Waals surface area (Å²) in [6.45, 7) is -0.791. The molecule has 0 radical (unpaired) electrons. The predicted molar refractivity (Wildman–Crippen MR) is 66.8 cm³/mol. The molecule has 0 aliphatic rings. The van der Waals surface area contributed by atoms with Crippen molar-refractivity contribution in [3.05, 3.63) is 30.1 Å². The molecule has 0 aliphatic carbocycles. The van der Waals surface area contributed by atoms with Crippen LogP contribution in [0.4, 0.5) is 13.2 Å². The number of alkyl halides is 3. The zero-order chi connectivity index (χ0) is 16.1. The number of pyridine rings is 1. The van der Waals surface area contributed by atoms with Gasteiger partial charge in [0.15, 0.2) is 0 Å². The minimum Gasteiger partial charge on any atom is -0.478 e. The number of carboxylic acids is 1. The molecule has 0 bridgehead atoms. The van der Waals surface area contributed by atoms with Gasteiger partial charge in [-0.2, -0.15) is 13.2 Å². The van der Waals surface area contributed by atoms with Gasteiger partial charge in [0, 0.05) is 25.0 Å². The highest BCUT2D eigenvalue weighted by molar-refractivity contribution is 7.89. The number of halogens is 3. The molecule has 0 spiro atoms. The van der Waals surface area contributed by atoms with Crippen molar-refractivity contribution >= 4 is 22.1 Å². The second kappa shape index (κ2) is 6.68. The van der Waals surface area contributed by atoms with E-state index in [-0.39, 0.29) is 10.5 Å². The number of aromatic nitrogens is 1. The lowest BCUT2D eigenvalue weighted by molar-refractivity contribution is -0.133. The summed E-state index contributed by atoms with van der Waals surface area (Å²) in [6.07, 6.45) is -1.69. The van der Waals surface area contributed by atoms with E-state index < -0.39 is 35.1 Å². The number of carbonyl (C=O) groups is 1. The van der Waals surface area contributed by atoms with Gasteiger partial charge < -0.3 is 5.11 Å². The number of hydrogen-bond acceptors (Lipinski definition) is 4. The van der Waals surface area contributed by atoms with Crippen LogP contribution in [0.25, 0.3) is 6.08 Å². The van der Waals surface area contributed by atoms with Crippen molar-refractivity contribution in [2.75, 3.05) is 6.54 Å². The Morgan fingerprint density at radius 1 is 1.38 bits per heavy atom. The standard InChI is InChI=1S/C11H11F3N2O4S/c12-11(13,14)3-4-16-21(19,20)9-5-8(6-15-7-9)1-2-10(17)18/h1-2,5-7,16H,3-4H2,(H,17,18). The molecule has 0 aromatic carbocycles. The molecule has 21 heavy (non-hydrogen) atoms. The maximum atomic E-state index is 12.0. The number of nitrogens with zero attached hydrogens (tertiary/aromatic N) is 1. The van der Waals surface area contributed by atoms with Crippen molar-refractivity contribution < 1.29 is 31.5 Å². The Kier molecular flexibility index (Phi) is 5.44. The Balaban J connectivity index is 2.84. The van der Waals surface area contributed by atoms with Crippen molar-refractivity contribution in [2.24, 2.45) is 0 Å². The van der Waals surface area contributed by atoms with Crippen molar-refractivity contribution in [3.8, 4) is 0 Å². The largest absolute Gasteiger partial charge is 0.478 e. The summed E-state index contributed by atoms with van der Waals surface area (Å²) in [7, 11) is -4.14. The first-order chi connectivity index (χ1) is 9.60. The van der Waals surface area contributed by atoms with Crippen LogP contribution in [-0.2, 0) is 14.8 Å². The molecular weight excluding hydrogens is 313 g/mol. The normalized spacial score (nSPS) is 12.7. The highest BCUT2D eigenvalue weighted by Gasteiger charge is 2.27. The Labute approximate surface area is 118 Å². The van der Waals surface area contributed by atoms with Gasteiger partial charge in [0.05, 0.1) is 6.42 Å². The van der Waals surface area contributed by atoms with Gasteiger partial charge in [-0.15, -0.1) is 0 Å². The van der Waals surface area contributed by atoms with E-state index in [2.05, 4.69) is 4.98 Å². The van der Waals surface area contributed by atoms with Crippen LogP contribution >= 0.6 is 0 Å². The monoisotopic (exact) mass is 324 g/mol. The summed E-state index contributed by atoms with van der Waals surface area (Å²) in [5.74, 6) is -1.23. The lowest BCUT2D eigenvalue weighted by Gasteiger charge is -2.08. The van der Waals surface area contributed by atoms with Crippen molar-refractivity contribution in [1.82, 2.24) is 9.71 Å². The van der Waals surface area contributed by atoms with Gasteiger partial charge >= 0.3 is 12.1 Å². The molecule has 0 amide bonds. The highest BCUT2D eigenvalue weighted by atomic mass is 32.2. The van der Waals surface area contributed by atoms with Crippen LogP contribution in [0.3, 0.4) is 0 Å². The predicted octanol–water partition coefficient (Wildman–Crippen LogP) is 1.41. The van der Waals surface area contributed by atoms with Crippen LogP contribution in [0, 0.1) is 0 Å². The second-order valence-corrected chi connectivity index (χ2v) is 5.66. The summed E-state index contributed by atoms with van der Waals surface area (Å²) in [5.41, 5.74) is 0.191. The summed E-state index contributed by atoms with van der Waals surface area (Å²) in [5, 5.41) is 8.45. The molecule has 6 nitrogen and oxygen atoms in total. The number of aliphatic carboxylic acids is 1. The first-order valence-corrected chi connectivity index (χ1v) is 7.01. The van der Waals surface area contributed by atoms with Crippen LogP contribution in [0.15, 0.2) is 29.4 Å². The third kappa shape index (κ3) is 6.36. The summed E-state index contributed by atoms with van der Waals surface area (Å²) < 4.78 is 61.2. The van der Waals surface area contributed by atoms with E-state index in [9.17, 15) is 26.4 Å². The molecule has 2 N–H and O–H groups in total. The maximum absolute atomic E-state index is 12.0. The van der Waals surface area contributed by atoms with E-state index in [1.807, 2.05) is 0 Å². The van der Waals surface area contributed by atoms with E-state index in [4.69, 9.17) is 5.11 Å². The molecule has 0 saturated carbocycles. The maximum Gasteiger partial charge on any atom is 0.390 e. The van der Waals surface area contributed by atoms with Gasteiger partial charge in [0.25, 0.3) is 0 Å². The molecule has 0 fully saturated rings. The third-order valence-corrected chi connectivity index (χ3v) is 3.59. The minimum atomic E-state index is -4.47. The number of carboxylic acid groups (broad SMARTS) is 1. The lowest BCUT2D eigenvalue weighted by atomic mass is 10.2. The van der Waals surface area contributed by atoms with Crippen molar-refractivity contribution in [2.45, 2.75) is 17.5 Å². The van der Waals surface area contributed by atoms with Gasteiger partial charge in [-0.3, -0.25) is 4.98 Å². The van der Waals surface area contributed by atoms with E-state index >= 15 is 0 Å². The Bertz CT molecular complexity index is 641. The van der Waals surface area contributed by atoms with E-state index in [0.29, 0.717) is 0 Å². The number of hydrogen-bond donors (Lipinski definition) is 2. The smallest absolute Gasteiger partial charge is 0.390 e. The fraction of sp³-hybridized carbons (Fsp3) is 0.273. The Morgan fingerprint density at radius 3 is 2.62 bits per heavy atom. The van der Waals surface area contributed by atoms with Crippen LogP contribution in [0.1, 0.15) is 12.0 Å². The summed E-state index contributed by atoms with van der Waals surface area (Å²) >= 11 is 0. The van der Waals surface area contributed by atoms with Crippen molar-refractivity contribution in [1.29, 1.82) is 0 Å². The first-order valence-electron chi connectivity index (χ1n) is 5.53. The lowest BCUT2D eigenvalue weighted by Crippen LogP contribution is -2.28. The average Bonchev–Trinajstić information content (AvgIpc) is 2.35. The summed E-state index contributed by atoms with van der Waals surface area (Å²) in [6, 6.07) is 1.10. The van der Waals surface area contributed by atoms with E-state index in [1.165, 1.54) is 6.20 Å². The summed E-state index contributed by atoms with van der Waals surface area (Å²) in [4.78, 5) is 13.6. The average molecular weight is 324 g/mol. The molecule has 10 heteroatoms. The van der Waals surface area contributed by atoms with Gasteiger partial charge in [-0.05, 0) is 17.7 Å². The minimum absolute atomic E-state index is 0.191. The topological polar surface area (TPSA) is 96.4 Å². The Hall–Kier alpha value is -1.94. The molecule has 1 aromatic heterocycles. The molecule has 1 aromatic rings. The van der Waals surface area contributed by atoms with Crippen LogP contribution in [-0.4, -0.2) is 37.2 Å². The van der Waals surface area contributed by atoms with Gasteiger partial charge in [0.2, 0.25) is 10.0 Å². The third-order valence-electron chi connectivity index (χ3n) is 2.16.